The minimum Gasteiger partial charge on any atom is -0.494 e. The molecule has 1 amide bonds. The molecule has 1 saturated carbocycles. The number of hydrogen-bond donors (Lipinski definition) is 2. The van der Waals surface area contributed by atoms with Crippen LogP contribution in [0.4, 0.5) is 4.39 Å². The summed E-state index contributed by atoms with van der Waals surface area (Å²) in [7, 11) is 1.41. The Hall–Kier alpha value is -1.33. The van der Waals surface area contributed by atoms with Crippen LogP contribution in [-0.4, -0.2) is 25.1 Å². The van der Waals surface area contributed by atoms with Gasteiger partial charge in [0, 0.05) is 6.54 Å². The minimum atomic E-state index is -0.452. The maximum Gasteiger partial charge on any atom is 0.224 e. The van der Waals surface area contributed by atoms with E-state index in [1.165, 1.54) is 19.2 Å². The number of hydrogen-bond acceptors (Lipinski definition) is 3. The lowest BCUT2D eigenvalue weighted by molar-refractivity contribution is -0.122. The van der Waals surface area contributed by atoms with E-state index in [1.807, 2.05) is 0 Å². The topological polar surface area (TPSA) is 64.3 Å². The van der Waals surface area contributed by atoms with Crippen LogP contribution in [0.5, 0.6) is 5.75 Å². The van der Waals surface area contributed by atoms with E-state index in [1.54, 1.807) is 6.07 Å². The van der Waals surface area contributed by atoms with Gasteiger partial charge in [0.2, 0.25) is 5.91 Å². The van der Waals surface area contributed by atoms with Crippen LogP contribution in [0.1, 0.15) is 31.2 Å². The molecule has 6 heteroatoms. The molecule has 1 aromatic carbocycles. The van der Waals surface area contributed by atoms with Crippen molar-refractivity contribution in [3.8, 4) is 5.75 Å². The molecule has 3 N–H and O–H groups in total. The van der Waals surface area contributed by atoms with Crippen LogP contribution in [0.3, 0.4) is 0 Å². The quantitative estimate of drug-likeness (QED) is 0.875. The lowest BCUT2D eigenvalue weighted by Gasteiger charge is -2.28. The highest BCUT2D eigenvalue weighted by Gasteiger charge is 2.33. The number of ether oxygens (including phenoxy) is 1. The molecule has 1 aromatic rings. The molecule has 1 aliphatic rings. The van der Waals surface area contributed by atoms with Crippen molar-refractivity contribution in [3.63, 3.8) is 0 Å². The Labute approximate surface area is 130 Å². The molecule has 0 heterocycles. The number of halogens is 2. The van der Waals surface area contributed by atoms with Crippen molar-refractivity contribution < 1.29 is 13.9 Å². The molecule has 0 radical (unpaired) electrons. The van der Waals surface area contributed by atoms with E-state index >= 15 is 0 Å². The lowest BCUT2D eigenvalue weighted by atomic mass is 9.97. The number of benzene rings is 1. The number of carbonyl (C=O) groups is 1. The van der Waals surface area contributed by atoms with Gasteiger partial charge in [0.05, 0.1) is 19.1 Å². The molecule has 118 valence electrons. The predicted molar refractivity (Wildman–Crippen MR) is 82.3 cm³/mol. The summed E-state index contributed by atoms with van der Waals surface area (Å²) in [6.07, 6.45) is 4.18. The van der Waals surface area contributed by atoms with E-state index in [0.717, 1.165) is 25.7 Å². The van der Waals surface area contributed by atoms with Gasteiger partial charge in [-0.05, 0) is 30.5 Å². The third-order valence-electron chi connectivity index (χ3n) is 3.94. The van der Waals surface area contributed by atoms with Crippen molar-refractivity contribution in [2.45, 2.75) is 37.6 Å². The Morgan fingerprint density at radius 2 is 2.10 bits per heavy atom. The average molecular weight is 317 g/mol. The minimum absolute atomic E-state index is 0. The van der Waals surface area contributed by atoms with E-state index in [0.29, 0.717) is 12.1 Å². The summed E-state index contributed by atoms with van der Waals surface area (Å²) in [6.45, 7) is 0.454. The molecule has 0 aromatic heterocycles. The van der Waals surface area contributed by atoms with Crippen LogP contribution in [-0.2, 0) is 11.2 Å². The molecule has 4 nitrogen and oxygen atoms in total. The molecule has 21 heavy (non-hydrogen) atoms. The first-order valence-corrected chi connectivity index (χ1v) is 6.92. The van der Waals surface area contributed by atoms with Crippen molar-refractivity contribution in [3.05, 3.63) is 29.6 Å². The molecule has 2 rings (SSSR count). The van der Waals surface area contributed by atoms with Gasteiger partial charge >= 0.3 is 0 Å². The number of nitrogens with two attached hydrogens (primary N) is 1. The third-order valence-corrected chi connectivity index (χ3v) is 3.94. The fourth-order valence-electron chi connectivity index (χ4n) is 2.78. The molecule has 0 spiro atoms. The number of rotatable bonds is 5. The molecule has 0 aliphatic heterocycles. The summed E-state index contributed by atoms with van der Waals surface area (Å²) in [4.78, 5) is 12.1. The average Bonchev–Trinajstić information content (AvgIpc) is 2.88. The summed E-state index contributed by atoms with van der Waals surface area (Å²) < 4.78 is 18.4. The molecule has 1 fully saturated rings. The van der Waals surface area contributed by atoms with Gasteiger partial charge in [0.25, 0.3) is 0 Å². The maximum absolute atomic E-state index is 13.6. The summed E-state index contributed by atoms with van der Waals surface area (Å²) >= 11 is 0. The highest BCUT2D eigenvalue weighted by molar-refractivity contribution is 5.85. The first-order valence-electron chi connectivity index (χ1n) is 6.92. The molecular weight excluding hydrogens is 295 g/mol. The zero-order chi connectivity index (χ0) is 14.6. The first-order chi connectivity index (χ1) is 9.58. The zero-order valence-corrected chi connectivity index (χ0v) is 13.0. The van der Waals surface area contributed by atoms with Crippen molar-refractivity contribution in [2.75, 3.05) is 13.7 Å². The second-order valence-corrected chi connectivity index (χ2v) is 5.39. The van der Waals surface area contributed by atoms with E-state index in [-0.39, 0.29) is 36.0 Å². The fourth-order valence-corrected chi connectivity index (χ4v) is 2.78. The Balaban J connectivity index is 0.00000220. The number of amides is 1. The molecule has 1 aliphatic carbocycles. The molecule has 0 unspecified atom stereocenters. The van der Waals surface area contributed by atoms with Gasteiger partial charge < -0.3 is 15.8 Å². The second kappa shape index (κ2) is 7.61. The summed E-state index contributed by atoms with van der Waals surface area (Å²) in [5.41, 5.74) is 6.15. The van der Waals surface area contributed by atoms with E-state index in [2.05, 4.69) is 5.32 Å². The van der Waals surface area contributed by atoms with E-state index in [4.69, 9.17) is 10.5 Å². The van der Waals surface area contributed by atoms with Crippen LogP contribution in [0, 0.1) is 5.82 Å². The van der Waals surface area contributed by atoms with Crippen LogP contribution < -0.4 is 15.8 Å². The SMILES string of the molecule is COc1ccc(CC(=O)NC2(CN)CCCC2)cc1F.Cl. The van der Waals surface area contributed by atoms with Gasteiger partial charge in [-0.15, -0.1) is 12.4 Å². The number of methoxy groups -OCH3 is 1. The fraction of sp³-hybridized carbons (Fsp3) is 0.533. The van der Waals surface area contributed by atoms with Crippen LogP contribution >= 0.6 is 12.4 Å². The van der Waals surface area contributed by atoms with Gasteiger partial charge in [-0.3, -0.25) is 4.79 Å². The van der Waals surface area contributed by atoms with Gasteiger partial charge in [-0.25, -0.2) is 4.39 Å². The van der Waals surface area contributed by atoms with Crippen molar-refractivity contribution >= 4 is 18.3 Å². The van der Waals surface area contributed by atoms with Crippen LogP contribution in [0.25, 0.3) is 0 Å². The van der Waals surface area contributed by atoms with Crippen molar-refractivity contribution in [1.29, 1.82) is 0 Å². The zero-order valence-electron chi connectivity index (χ0n) is 12.2. The lowest BCUT2D eigenvalue weighted by Crippen LogP contribution is -2.52. The molecule has 0 bridgehead atoms. The Kier molecular flexibility index (Phi) is 6.42. The Morgan fingerprint density at radius 1 is 1.43 bits per heavy atom. The highest BCUT2D eigenvalue weighted by atomic mass is 35.5. The molecule has 0 atom stereocenters. The Bertz CT molecular complexity index is 491. The number of carbonyl (C=O) groups excluding carboxylic acids is 1. The van der Waals surface area contributed by atoms with Crippen LogP contribution in [0.15, 0.2) is 18.2 Å². The monoisotopic (exact) mass is 316 g/mol. The van der Waals surface area contributed by atoms with Crippen LogP contribution in [0.2, 0.25) is 0 Å². The van der Waals surface area contributed by atoms with E-state index in [9.17, 15) is 9.18 Å². The smallest absolute Gasteiger partial charge is 0.224 e. The van der Waals surface area contributed by atoms with E-state index < -0.39 is 5.82 Å². The predicted octanol–water partition coefficient (Wildman–Crippen LogP) is 2.19. The second-order valence-electron chi connectivity index (χ2n) is 5.39. The molecular formula is C15H22ClFN2O2. The summed E-state index contributed by atoms with van der Waals surface area (Å²) in [5.74, 6) is -0.377. The first kappa shape index (κ1) is 17.7. The number of nitrogens with one attached hydrogen (secondary N) is 1. The largest absolute Gasteiger partial charge is 0.494 e. The highest BCUT2D eigenvalue weighted by Crippen LogP contribution is 2.28. The maximum atomic E-state index is 13.6. The third kappa shape index (κ3) is 4.32. The molecule has 0 saturated heterocycles. The van der Waals surface area contributed by atoms with Crippen molar-refractivity contribution in [2.24, 2.45) is 5.73 Å². The van der Waals surface area contributed by atoms with Crippen molar-refractivity contribution in [1.82, 2.24) is 5.32 Å². The van der Waals surface area contributed by atoms with Gasteiger partial charge in [-0.1, -0.05) is 18.9 Å². The van der Waals surface area contributed by atoms with Gasteiger partial charge in [0.15, 0.2) is 11.6 Å². The van der Waals surface area contributed by atoms with Gasteiger partial charge in [0.1, 0.15) is 0 Å². The normalized spacial score (nSPS) is 16.1. The summed E-state index contributed by atoms with van der Waals surface area (Å²) in [5, 5.41) is 3.02. The summed E-state index contributed by atoms with van der Waals surface area (Å²) in [6, 6.07) is 4.57. The Morgan fingerprint density at radius 3 is 2.62 bits per heavy atom. The van der Waals surface area contributed by atoms with Gasteiger partial charge in [-0.2, -0.15) is 0 Å². The standard InChI is InChI=1S/C15H21FN2O2.ClH/c1-20-13-5-4-11(8-12(13)16)9-14(19)18-15(10-17)6-2-3-7-15;/h4-5,8H,2-3,6-7,9-10,17H2,1H3,(H,18,19);1H.